The maximum absolute atomic E-state index is 15.0. The predicted octanol–water partition coefficient (Wildman–Crippen LogP) is 6.53. The molecular weight excluding hydrogens is 632 g/mol. The number of carbonyl (C=O) groups excluding carboxylic acids is 4. The highest BCUT2D eigenvalue weighted by Gasteiger charge is 2.64. The van der Waals surface area contributed by atoms with E-state index in [1.807, 2.05) is 74.5 Å². The number of β-amino-alcohol motifs (C(OH)–C–C–N with tert-alkyl or cyclic N) is 2. The van der Waals surface area contributed by atoms with E-state index in [4.69, 9.17) is 0 Å². The van der Waals surface area contributed by atoms with E-state index in [9.17, 15) is 29.4 Å². The second-order valence-electron chi connectivity index (χ2n) is 15.7. The van der Waals surface area contributed by atoms with Gasteiger partial charge in [0, 0.05) is 5.54 Å². The molecule has 0 spiro atoms. The van der Waals surface area contributed by atoms with Crippen LogP contribution in [0.15, 0.2) is 60.7 Å². The van der Waals surface area contributed by atoms with E-state index in [1.165, 1.54) is 4.90 Å². The van der Waals surface area contributed by atoms with E-state index < -0.39 is 52.7 Å². The lowest BCUT2D eigenvalue weighted by Crippen LogP contribution is -2.58. The number of urea groups is 2. The Morgan fingerprint density at radius 3 is 1.70 bits per heavy atom. The van der Waals surface area contributed by atoms with Gasteiger partial charge in [0.25, 0.3) is 11.8 Å². The summed E-state index contributed by atoms with van der Waals surface area (Å²) in [7, 11) is 0. The van der Waals surface area contributed by atoms with Gasteiger partial charge in [0.1, 0.15) is 5.54 Å². The minimum atomic E-state index is -1.49. The van der Waals surface area contributed by atoms with Crippen molar-refractivity contribution in [1.29, 1.82) is 0 Å². The fraction of sp³-hybridized carbons (Fsp3) is 0.600. The maximum Gasteiger partial charge on any atom is 0.328 e. The van der Waals surface area contributed by atoms with Gasteiger partial charge in [-0.05, 0) is 63.0 Å². The van der Waals surface area contributed by atoms with Gasteiger partial charge in [-0.2, -0.15) is 0 Å². The molecule has 2 fully saturated rings. The van der Waals surface area contributed by atoms with Crippen LogP contribution in [0.1, 0.15) is 111 Å². The summed E-state index contributed by atoms with van der Waals surface area (Å²) in [5, 5.41) is 22.5. The van der Waals surface area contributed by atoms with Gasteiger partial charge in [0.05, 0.1) is 31.8 Å². The molecule has 2 aliphatic rings. The van der Waals surface area contributed by atoms with Crippen LogP contribution in [-0.4, -0.2) is 96.6 Å². The summed E-state index contributed by atoms with van der Waals surface area (Å²) >= 11 is 0. The molecule has 50 heavy (non-hydrogen) atoms. The molecule has 2 aliphatic heterocycles. The van der Waals surface area contributed by atoms with Crippen LogP contribution in [0, 0.1) is 5.41 Å². The Labute approximate surface area is 298 Å². The first-order chi connectivity index (χ1) is 23.5. The molecule has 0 aliphatic carbocycles. The van der Waals surface area contributed by atoms with Gasteiger partial charge in [-0.3, -0.25) is 24.3 Å². The first kappa shape index (κ1) is 39.0. The van der Waals surface area contributed by atoms with E-state index in [0.29, 0.717) is 30.4 Å². The minimum Gasteiger partial charge on any atom is -0.391 e. The molecule has 4 rings (SSSR count). The summed E-state index contributed by atoms with van der Waals surface area (Å²) < 4.78 is 0. The van der Waals surface area contributed by atoms with Crippen LogP contribution in [0.3, 0.4) is 0 Å². The van der Waals surface area contributed by atoms with Crippen molar-refractivity contribution in [2.45, 2.75) is 129 Å². The first-order valence-corrected chi connectivity index (χ1v) is 18.3. The number of hydrogen-bond acceptors (Lipinski definition) is 6. The normalized spacial score (nSPS) is 20.1. The summed E-state index contributed by atoms with van der Waals surface area (Å²) in [5.74, 6) is -0.946. The number of rotatable bonds is 17. The zero-order valence-corrected chi connectivity index (χ0v) is 31.3. The van der Waals surface area contributed by atoms with Gasteiger partial charge in [-0.1, -0.05) is 115 Å². The molecule has 2 aromatic carbocycles. The number of imide groups is 2. The largest absolute Gasteiger partial charge is 0.391 e. The molecule has 3 atom stereocenters. The lowest BCUT2D eigenvalue weighted by Gasteiger charge is -2.47. The Balaban J connectivity index is 1.65. The van der Waals surface area contributed by atoms with Crippen molar-refractivity contribution in [3.05, 3.63) is 71.8 Å². The lowest BCUT2D eigenvalue weighted by atomic mass is 9.77. The number of amides is 6. The third-order valence-electron chi connectivity index (χ3n) is 10.9. The third-order valence-corrected chi connectivity index (χ3v) is 10.9. The van der Waals surface area contributed by atoms with E-state index >= 15 is 0 Å². The number of aliphatic hydroxyl groups is 2. The molecule has 0 bridgehead atoms. The van der Waals surface area contributed by atoms with Crippen molar-refractivity contribution in [3.8, 4) is 0 Å². The summed E-state index contributed by atoms with van der Waals surface area (Å²) in [6.07, 6.45) is 3.19. The summed E-state index contributed by atoms with van der Waals surface area (Å²) in [6.45, 7) is 14.7. The van der Waals surface area contributed by atoms with Crippen LogP contribution < -0.4 is 0 Å². The maximum atomic E-state index is 15.0. The van der Waals surface area contributed by atoms with E-state index in [0.717, 1.165) is 35.5 Å². The zero-order chi connectivity index (χ0) is 37.1. The molecule has 2 aromatic rings. The van der Waals surface area contributed by atoms with Crippen molar-refractivity contribution < 1.29 is 29.4 Å². The molecule has 0 aromatic heterocycles. The SMILES string of the molecule is CCCCC(C)(C)CC(O)CN1C(=O)N(CC(O)CN2C(=O)N(C(C)(CC)CCC)C(c3ccccc3)(c3ccccc3)C2=O)C(C)(C)C1=O. The predicted molar refractivity (Wildman–Crippen MR) is 194 cm³/mol. The van der Waals surface area contributed by atoms with Crippen molar-refractivity contribution in [2.24, 2.45) is 5.41 Å². The van der Waals surface area contributed by atoms with Crippen molar-refractivity contribution in [1.82, 2.24) is 19.6 Å². The highest BCUT2D eigenvalue weighted by Crippen LogP contribution is 2.49. The Morgan fingerprint density at radius 1 is 0.680 bits per heavy atom. The Hall–Kier alpha value is -3.76. The lowest BCUT2D eigenvalue weighted by molar-refractivity contribution is -0.135. The van der Waals surface area contributed by atoms with Crippen molar-refractivity contribution in [3.63, 3.8) is 0 Å². The molecule has 274 valence electrons. The number of unbranched alkanes of at least 4 members (excludes halogenated alkanes) is 1. The van der Waals surface area contributed by atoms with Crippen LogP contribution in [-0.2, 0) is 15.1 Å². The van der Waals surface area contributed by atoms with Gasteiger partial charge in [0.15, 0.2) is 5.54 Å². The molecule has 0 saturated carbocycles. The second-order valence-corrected chi connectivity index (χ2v) is 15.7. The number of aliphatic hydroxyl groups excluding tert-OH is 2. The number of carbonyl (C=O) groups is 4. The fourth-order valence-electron chi connectivity index (χ4n) is 7.99. The van der Waals surface area contributed by atoms with Crippen molar-refractivity contribution >= 4 is 23.9 Å². The minimum absolute atomic E-state index is 0.148. The van der Waals surface area contributed by atoms with Gasteiger partial charge >= 0.3 is 12.1 Å². The topological polar surface area (TPSA) is 122 Å². The number of nitrogens with zero attached hydrogens (tertiary/aromatic N) is 4. The first-order valence-electron chi connectivity index (χ1n) is 18.3. The molecule has 2 N–H and O–H groups in total. The number of benzene rings is 2. The molecule has 2 saturated heterocycles. The Bertz CT molecular complexity index is 1470. The molecule has 0 radical (unpaired) electrons. The summed E-state index contributed by atoms with van der Waals surface area (Å²) in [4.78, 5) is 62.1. The molecular formula is C40H58N4O6. The van der Waals surface area contributed by atoms with Gasteiger partial charge in [-0.15, -0.1) is 0 Å². The van der Waals surface area contributed by atoms with E-state index in [-0.39, 0.29) is 25.0 Å². The van der Waals surface area contributed by atoms with Crippen LogP contribution >= 0.6 is 0 Å². The average molecular weight is 691 g/mol. The van der Waals surface area contributed by atoms with Crippen LogP contribution in [0.5, 0.6) is 0 Å². The Morgan fingerprint density at radius 2 is 1.20 bits per heavy atom. The summed E-state index contributed by atoms with van der Waals surface area (Å²) in [5.41, 5.74) is -2.37. The van der Waals surface area contributed by atoms with E-state index in [1.54, 1.807) is 18.7 Å². The smallest absolute Gasteiger partial charge is 0.328 e. The molecule has 2 heterocycles. The van der Waals surface area contributed by atoms with Crippen LogP contribution in [0.4, 0.5) is 9.59 Å². The van der Waals surface area contributed by atoms with Crippen molar-refractivity contribution in [2.75, 3.05) is 19.6 Å². The fourth-order valence-corrected chi connectivity index (χ4v) is 7.99. The third kappa shape index (κ3) is 7.19. The monoisotopic (exact) mass is 690 g/mol. The Kier molecular flexibility index (Phi) is 11.9. The van der Waals surface area contributed by atoms with Gasteiger partial charge < -0.3 is 15.1 Å². The summed E-state index contributed by atoms with van der Waals surface area (Å²) in [6, 6.07) is 17.4. The highest BCUT2D eigenvalue weighted by molar-refractivity contribution is 6.10. The average Bonchev–Trinajstić information content (AvgIpc) is 3.39. The zero-order valence-electron chi connectivity index (χ0n) is 31.3. The molecule has 3 unspecified atom stereocenters. The van der Waals surface area contributed by atoms with Gasteiger partial charge in [0.2, 0.25) is 0 Å². The van der Waals surface area contributed by atoms with Gasteiger partial charge in [-0.25, -0.2) is 9.59 Å². The number of hydrogen-bond donors (Lipinski definition) is 2. The van der Waals surface area contributed by atoms with Crippen LogP contribution in [0.25, 0.3) is 0 Å². The van der Waals surface area contributed by atoms with E-state index in [2.05, 4.69) is 27.7 Å². The standard InChI is InChI=1S/C40H58N4O6/c1-9-12-24-37(4,5)25-31(45)26-41-33(47)38(6,7)43(35(41)49)28-32(46)27-42-34(48)40(29-19-15-13-16-20-29,30-21-17-14-18-22-30)44(36(42)50)39(8,11-3)23-10-2/h13-22,31-32,45-46H,9-12,23-28H2,1-8H3. The molecule has 6 amide bonds. The molecule has 10 heteroatoms. The van der Waals surface area contributed by atoms with Crippen LogP contribution in [0.2, 0.25) is 0 Å². The quantitative estimate of drug-likeness (QED) is 0.182. The highest BCUT2D eigenvalue weighted by atomic mass is 16.3. The second kappa shape index (κ2) is 15.2. The molecule has 10 nitrogen and oxygen atoms in total.